The third kappa shape index (κ3) is 2.55. The predicted octanol–water partition coefficient (Wildman–Crippen LogP) is 3.87. The van der Waals surface area contributed by atoms with E-state index < -0.39 is 11.8 Å². The zero-order valence-electron chi connectivity index (χ0n) is 8.05. The van der Waals surface area contributed by atoms with Crippen LogP contribution in [0.2, 0.25) is 0 Å². The highest BCUT2D eigenvalue weighted by atomic mass is 79.9. The molecule has 0 aliphatic carbocycles. The number of aromatic nitrogens is 1. The van der Waals surface area contributed by atoms with Gasteiger partial charge in [-0.3, -0.25) is 0 Å². The maximum absolute atomic E-state index is 13.4. The van der Waals surface area contributed by atoms with Gasteiger partial charge >= 0.3 is 0 Å². The zero-order chi connectivity index (χ0) is 11.5. The molecule has 1 N–H and O–H groups in total. The summed E-state index contributed by atoms with van der Waals surface area (Å²) in [5.74, 6) is -1.01. The maximum atomic E-state index is 13.4. The number of hydrogen-bond acceptors (Lipinski definition) is 2. The van der Waals surface area contributed by atoms with Crippen molar-refractivity contribution in [3.05, 3.63) is 52.8 Å². The van der Waals surface area contributed by atoms with E-state index in [0.717, 1.165) is 4.47 Å². The Morgan fingerprint density at radius 1 is 1.12 bits per heavy atom. The quantitative estimate of drug-likeness (QED) is 0.847. The number of hydrogen-bond donors (Lipinski definition) is 1. The zero-order valence-corrected chi connectivity index (χ0v) is 9.63. The van der Waals surface area contributed by atoms with Gasteiger partial charge in [-0.05, 0) is 24.3 Å². The molecule has 0 saturated carbocycles. The van der Waals surface area contributed by atoms with Crippen molar-refractivity contribution in [2.24, 2.45) is 0 Å². The summed E-state index contributed by atoms with van der Waals surface area (Å²) in [6.07, 6.45) is 1.31. The molecule has 0 aliphatic rings. The molecule has 2 nitrogen and oxygen atoms in total. The van der Waals surface area contributed by atoms with Gasteiger partial charge in [0, 0.05) is 22.4 Å². The second-order valence-corrected chi connectivity index (χ2v) is 4.03. The van der Waals surface area contributed by atoms with E-state index in [-0.39, 0.29) is 5.69 Å². The van der Waals surface area contributed by atoms with Crippen molar-refractivity contribution in [3.8, 4) is 0 Å². The molecule has 16 heavy (non-hydrogen) atoms. The van der Waals surface area contributed by atoms with Gasteiger partial charge in [0.15, 0.2) is 0 Å². The molecule has 0 spiro atoms. The van der Waals surface area contributed by atoms with Crippen LogP contribution in [0.15, 0.2) is 41.0 Å². The van der Waals surface area contributed by atoms with Crippen LogP contribution in [0.25, 0.3) is 0 Å². The highest BCUT2D eigenvalue weighted by molar-refractivity contribution is 9.10. The first-order valence-corrected chi connectivity index (χ1v) is 5.28. The molecule has 82 valence electrons. The Morgan fingerprint density at radius 2 is 1.94 bits per heavy atom. The number of nitrogens with zero attached hydrogens (tertiary/aromatic N) is 1. The number of anilines is 2. The van der Waals surface area contributed by atoms with Crippen LogP contribution in [0.3, 0.4) is 0 Å². The summed E-state index contributed by atoms with van der Waals surface area (Å²) in [6, 6.07) is 7.25. The highest BCUT2D eigenvalue weighted by Gasteiger charge is 2.03. The van der Waals surface area contributed by atoms with E-state index in [9.17, 15) is 8.78 Å². The van der Waals surface area contributed by atoms with Gasteiger partial charge in [-0.2, -0.15) is 4.39 Å². The first-order chi connectivity index (χ1) is 7.65. The second-order valence-electron chi connectivity index (χ2n) is 3.12. The SMILES string of the molecule is Fc1cc(Nc2cc(Br)ccc2F)ccn1. The van der Waals surface area contributed by atoms with Gasteiger partial charge in [0.1, 0.15) is 5.82 Å². The second kappa shape index (κ2) is 4.57. The Kier molecular flexibility index (Phi) is 3.14. The summed E-state index contributed by atoms with van der Waals surface area (Å²) in [7, 11) is 0. The first kappa shape index (κ1) is 11.0. The lowest BCUT2D eigenvalue weighted by Gasteiger charge is -2.07. The summed E-state index contributed by atoms with van der Waals surface area (Å²) in [4.78, 5) is 3.41. The average molecular weight is 285 g/mol. The maximum Gasteiger partial charge on any atom is 0.214 e. The van der Waals surface area contributed by atoms with E-state index in [4.69, 9.17) is 0 Å². The number of nitrogens with one attached hydrogen (secondary N) is 1. The van der Waals surface area contributed by atoms with E-state index in [1.54, 1.807) is 18.2 Å². The largest absolute Gasteiger partial charge is 0.353 e. The summed E-state index contributed by atoms with van der Waals surface area (Å²) in [5, 5.41) is 2.77. The fourth-order valence-corrected chi connectivity index (χ4v) is 1.59. The number of halogens is 3. The van der Waals surface area contributed by atoms with Crippen LogP contribution in [-0.4, -0.2) is 4.98 Å². The molecule has 0 atom stereocenters. The lowest BCUT2D eigenvalue weighted by atomic mass is 10.3. The van der Waals surface area contributed by atoms with E-state index in [1.807, 2.05) is 0 Å². The minimum atomic E-state index is -0.611. The van der Waals surface area contributed by atoms with Gasteiger partial charge in [0.25, 0.3) is 0 Å². The number of rotatable bonds is 2. The molecule has 0 fully saturated rings. The number of pyridine rings is 1. The standard InChI is InChI=1S/C11H7BrF2N2/c12-7-1-2-9(13)10(5-7)16-8-3-4-15-11(14)6-8/h1-6H,(H,15,16). The van der Waals surface area contributed by atoms with E-state index in [2.05, 4.69) is 26.2 Å². The normalized spacial score (nSPS) is 10.2. The molecule has 0 radical (unpaired) electrons. The molecule has 1 heterocycles. The molecular weight excluding hydrogens is 278 g/mol. The van der Waals surface area contributed by atoms with Crippen molar-refractivity contribution in [2.45, 2.75) is 0 Å². The molecular formula is C11H7BrF2N2. The molecule has 0 saturated heterocycles. The van der Waals surface area contributed by atoms with Gasteiger partial charge in [0.05, 0.1) is 5.69 Å². The smallest absolute Gasteiger partial charge is 0.214 e. The lowest BCUT2D eigenvalue weighted by molar-refractivity contribution is 0.584. The molecule has 0 aliphatic heterocycles. The fourth-order valence-electron chi connectivity index (χ4n) is 1.23. The Morgan fingerprint density at radius 3 is 2.69 bits per heavy atom. The average Bonchev–Trinajstić information content (AvgIpc) is 2.24. The van der Waals surface area contributed by atoms with Crippen LogP contribution in [0.5, 0.6) is 0 Å². The number of benzene rings is 1. The van der Waals surface area contributed by atoms with Crippen LogP contribution in [0, 0.1) is 11.8 Å². The van der Waals surface area contributed by atoms with Crippen molar-refractivity contribution in [3.63, 3.8) is 0 Å². The highest BCUT2D eigenvalue weighted by Crippen LogP contribution is 2.23. The summed E-state index contributed by atoms with van der Waals surface area (Å²) < 4.78 is 26.9. The molecule has 5 heteroatoms. The van der Waals surface area contributed by atoms with E-state index in [1.165, 1.54) is 18.3 Å². The van der Waals surface area contributed by atoms with Gasteiger partial charge in [-0.15, -0.1) is 0 Å². The molecule has 0 amide bonds. The van der Waals surface area contributed by atoms with Crippen LogP contribution in [-0.2, 0) is 0 Å². The Balaban J connectivity index is 2.30. The summed E-state index contributed by atoms with van der Waals surface area (Å²) in [5.41, 5.74) is 0.726. The van der Waals surface area contributed by atoms with Gasteiger partial charge in [-0.1, -0.05) is 15.9 Å². The van der Waals surface area contributed by atoms with Gasteiger partial charge in [-0.25, -0.2) is 9.37 Å². The minimum Gasteiger partial charge on any atom is -0.353 e. The monoisotopic (exact) mass is 284 g/mol. The third-order valence-corrected chi connectivity index (χ3v) is 2.43. The van der Waals surface area contributed by atoms with Crippen LogP contribution >= 0.6 is 15.9 Å². The van der Waals surface area contributed by atoms with Crippen molar-refractivity contribution in [1.82, 2.24) is 4.98 Å². The third-order valence-electron chi connectivity index (χ3n) is 1.93. The first-order valence-electron chi connectivity index (χ1n) is 4.49. The van der Waals surface area contributed by atoms with Gasteiger partial charge < -0.3 is 5.32 Å². The van der Waals surface area contributed by atoms with Crippen molar-refractivity contribution in [2.75, 3.05) is 5.32 Å². The molecule has 1 aromatic carbocycles. The fraction of sp³-hybridized carbons (Fsp3) is 0. The molecule has 2 rings (SSSR count). The van der Waals surface area contributed by atoms with Gasteiger partial charge in [0.2, 0.25) is 5.95 Å². The van der Waals surface area contributed by atoms with Crippen LogP contribution in [0.4, 0.5) is 20.2 Å². The topological polar surface area (TPSA) is 24.9 Å². The predicted molar refractivity (Wildman–Crippen MR) is 61.6 cm³/mol. The molecule has 0 unspecified atom stereocenters. The Hall–Kier alpha value is -1.49. The molecule has 2 aromatic rings. The van der Waals surface area contributed by atoms with Crippen LogP contribution in [0.1, 0.15) is 0 Å². The Labute approximate surface area is 99.5 Å². The van der Waals surface area contributed by atoms with E-state index in [0.29, 0.717) is 5.69 Å². The van der Waals surface area contributed by atoms with Crippen molar-refractivity contribution >= 4 is 27.3 Å². The Bertz CT molecular complexity index is 517. The summed E-state index contributed by atoms with van der Waals surface area (Å²) >= 11 is 3.23. The van der Waals surface area contributed by atoms with Crippen molar-refractivity contribution < 1.29 is 8.78 Å². The van der Waals surface area contributed by atoms with E-state index >= 15 is 0 Å². The molecule has 1 aromatic heterocycles. The molecule has 0 bridgehead atoms. The van der Waals surface area contributed by atoms with Crippen LogP contribution < -0.4 is 5.32 Å². The summed E-state index contributed by atoms with van der Waals surface area (Å²) in [6.45, 7) is 0. The lowest BCUT2D eigenvalue weighted by Crippen LogP contribution is -1.95. The minimum absolute atomic E-state index is 0.278. The van der Waals surface area contributed by atoms with Crippen molar-refractivity contribution in [1.29, 1.82) is 0 Å².